The number of benzene rings is 1. The first-order valence-electron chi connectivity index (χ1n) is 9.21. The van der Waals surface area contributed by atoms with Gasteiger partial charge in [0, 0.05) is 45.0 Å². The third-order valence-corrected chi connectivity index (χ3v) is 5.11. The molecule has 1 N–H and O–H groups in total. The first-order chi connectivity index (χ1) is 12.2. The lowest BCUT2D eigenvalue weighted by atomic mass is 9.95. The summed E-state index contributed by atoms with van der Waals surface area (Å²) in [6.45, 7) is 7.00. The number of hydrogen-bond donors (Lipinski definition) is 1. The van der Waals surface area contributed by atoms with Gasteiger partial charge in [0.05, 0.1) is 13.2 Å². The number of urea groups is 1. The highest BCUT2D eigenvalue weighted by Gasteiger charge is 2.36. The first-order valence-corrected chi connectivity index (χ1v) is 9.21. The van der Waals surface area contributed by atoms with Crippen molar-refractivity contribution in [3.05, 3.63) is 24.3 Å². The molecule has 3 heterocycles. The Morgan fingerprint density at radius 3 is 2.72 bits per heavy atom. The van der Waals surface area contributed by atoms with Crippen LogP contribution in [0.15, 0.2) is 24.3 Å². The second kappa shape index (κ2) is 8.54. The minimum Gasteiger partial charge on any atom is -0.494 e. The molecule has 138 valence electrons. The van der Waals surface area contributed by atoms with Gasteiger partial charge in [-0.3, -0.25) is 4.90 Å². The minimum absolute atomic E-state index is 0.00495. The zero-order valence-electron chi connectivity index (χ0n) is 15.2. The average molecular weight is 347 g/mol. The molecule has 6 nitrogen and oxygen atoms in total. The molecule has 0 spiro atoms. The summed E-state index contributed by atoms with van der Waals surface area (Å²) in [7, 11) is 1.74. The predicted octanol–water partition coefficient (Wildman–Crippen LogP) is 2.66. The topological polar surface area (TPSA) is 54.0 Å². The van der Waals surface area contributed by atoms with E-state index in [1.165, 1.54) is 12.8 Å². The van der Waals surface area contributed by atoms with Crippen LogP contribution < -0.4 is 10.1 Å². The number of nitrogens with zero attached hydrogens (tertiary/aromatic N) is 2. The number of anilines is 1. The van der Waals surface area contributed by atoms with E-state index in [-0.39, 0.29) is 6.03 Å². The lowest BCUT2D eigenvalue weighted by molar-refractivity contribution is 0.0876. The maximum absolute atomic E-state index is 12.7. The second-order valence-corrected chi connectivity index (χ2v) is 6.88. The van der Waals surface area contributed by atoms with E-state index in [4.69, 9.17) is 9.47 Å². The lowest BCUT2D eigenvalue weighted by Gasteiger charge is -2.35. The van der Waals surface area contributed by atoms with E-state index < -0.39 is 0 Å². The van der Waals surface area contributed by atoms with Gasteiger partial charge >= 0.3 is 6.03 Å². The van der Waals surface area contributed by atoms with Crippen LogP contribution in [0.3, 0.4) is 0 Å². The van der Waals surface area contributed by atoms with Gasteiger partial charge < -0.3 is 19.7 Å². The summed E-state index contributed by atoms with van der Waals surface area (Å²) < 4.78 is 10.7. The summed E-state index contributed by atoms with van der Waals surface area (Å²) in [4.78, 5) is 17.2. The molecule has 6 heteroatoms. The lowest BCUT2D eigenvalue weighted by Crippen LogP contribution is -2.46. The molecule has 2 bridgehead atoms. The van der Waals surface area contributed by atoms with Crippen LogP contribution in [-0.4, -0.2) is 68.4 Å². The molecule has 0 unspecified atom stereocenters. The smallest absolute Gasteiger partial charge is 0.321 e. The number of carbonyl (C=O) groups excluding carboxylic acids is 1. The molecule has 25 heavy (non-hydrogen) atoms. The summed E-state index contributed by atoms with van der Waals surface area (Å²) in [6.07, 6.45) is 2.38. The van der Waals surface area contributed by atoms with E-state index in [0.29, 0.717) is 18.6 Å². The Morgan fingerprint density at radius 1 is 1.20 bits per heavy atom. The number of piperidine rings is 1. The molecule has 3 fully saturated rings. The average Bonchev–Trinajstić information content (AvgIpc) is 2.94. The van der Waals surface area contributed by atoms with Crippen LogP contribution in [0, 0.1) is 5.92 Å². The zero-order valence-corrected chi connectivity index (χ0v) is 15.2. The molecule has 0 radical (unpaired) electrons. The van der Waals surface area contributed by atoms with Crippen LogP contribution in [0.1, 0.15) is 19.8 Å². The van der Waals surface area contributed by atoms with E-state index >= 15 is 0 Å². The van der Waals surface area contributed by atoms with Crippen molar-refractivity contribution in [3.63, 3.8) is 0 Å². The van der Waals surface area contributed by atoms with Crippen molar-refractivity contribution in [3.8, 4) is 5.75 Å². The minimum atomic E-state index is -0.00495. The number of hydrogen-bond acceptors (Lipinski definition) is 4. The van der Waals surface area contributed by atoms with Gasteiger partial charge in [-0.1, -0.05) is 0 Å². The third-order valence-electron chi connectivity index (χ3n) is 5.11. The highest BCUT2D eigenvalue weighted by atomic mass is 16.5. The first kappa shape index (κ1) is 18.0. The van der Waals surface area contributed by atoms with Crippen molar-refractivity contribution in [2.24, 2.45) is 5.92 Å². The molecule has 1 aromatic rings. The Kier molecular flexibility index (Phi) is 6.15. The van der Waals surface area contributed by atoms with Crippen LogP contribution in [-0.2, 0) is 4.74 Å². The molecule has 1 aromatic carbocycles. The fourth-order valence-corrected chi connectivity index (χ4v) is 3.83. The number of amides is 2. The van der Waals surface area contributed by atoms with Crippen molar-refractivity contribution in [1.29, 1.82) is 0 Å². The van der Waals surface area contributed by atoms with Crippen LogP contribution in [0.4, 0.5) is 10.5 Å². The van der Waals surface area contributed by atoms with Gasteiger partial charge in [0.15, 0.2) is 0 Å². The van der Waals surface area contributed by atoms with Gasteiger partial charge in [0.25, 0.3) is 0 Å². The maximum Gasteiger partial charge on any atom is 0.321 e. The van der Waals surface area contributed by atoms with Gasteiger partial charge in [0.1, 0.15) is 5.75 Å². The zero-order chi connectivity index (χ0) is 17.6. The molecule has 4 rings (SSSR count). The molecular formula is C19H29N3O3. The van der Waals surface area contributed by atoms with E-state index in [2.05, 4.69) is 10.2 Å². The standard InChI is InChI=1S/C19H29N3O3/c1-3-25-18-8-5-16(6-9-18)20-19(23)22-13-15-4-7-17(14-22)21(12-15)10-11-24-2/h5-6,8-9,15,17H,3-4,7,10-14H2,1-2H3,(H,20,23)/t15-,17-/m1/s1. The van der Waals surface area contributed by atoms with Crippen molar-refractivity contribution >= 4 is 11.7 Å². The largest absolute Gasteiger partial charge is 0.494 e. The van der Waals surface area contributed by atoms with Crippen LogP contribution in [0.5, 0.6) is 5.75 Å². The third kappa shape index (κ3) is 4.64. The Labute approximate surface area is 150 Å². The van der Waals surface area contributed by atoms with Gasteiger partial charge in [-0.2, -0.15) is 0 Å². The second-order valence-electron chi connectivity index (χ2n) is 6.88. The number of rotatable bonds is 6. The summed E-state index contributed by atoms with van der Waals surface area (Å²) in [5.41, 5.74) is 0.807. The van der Waals surface area contributed by atoms with E-state index in [0.717, 1.165) is 44.2 Å². The highest BCUT2D eigenvalue weighted by Crippen LogP contribution is 2.28. The molecule has 3 aliphatic rings. The van der Waals surface area contributed by atoms with Crippen LogP contribution in [0.25, 0.3) is 0 Å². The quantitative estimate of drug-likeness (QED) is 0.860. The molecule has 2 amide bonds. The predicted molar refractivity (Wildman–Crippen MR) is 98.2 cm³/mol. The Hall–Kier alpha value is -1.79. The van der Waals surface area contributed by atoms with Gasteiger partial charge in [-0.25, -0.2) is 4.79 Å². The van der Waals surface area contributed by atoms with Crippen molar-refractivity contribution < 1.29 is 14.3 Å². The fraction of sp³-hybridized carbons (Fsp3) is 0.632. The van der Waals surface area contributed by atoms with E-state index in [1.54, 1.807) is 7.11 Å². The molecule has 2 atom stereocenters. The molecule has 3 saturated heterocycles. The molecular weight excluding hydrogens is 318 g/mol. The van der Waals surface area contributed by atoms with Gasteiger partial charge in [-0.05, 0) is 49.9 Å². The number of methoxy groups -OCH3 is 1. The Bertz CT molecular complexity index is 564. The fourth-order valence-electron chi connectivity index (χ4n) is 3.83. The van der Waals surface area contributed by atoms with Crippen LogP contribution in [0.2, 0.25) is 0 Å². The van der Waals surface area contributed by atoms with E-state index in [1.807, 2.05) is 36.1 Å². The normalized spacial score (nSPS) is 23.4. The highest BCUT2D eigenvalue weighted by molar-refractivity contribution is 5.89. The van der Waals surface area contributed by atoms with Crippen molar-refractivity contribution in [1.82, 2.24) is 9.80 Å². The maximum atomic E-state index is 12.7. The SMILES string of the molecule is CCOc1ccc(NC(=O)N2C[C@@H]3CC[C@H](C2)N(CCOC)C3)cc1. The van der Waals surface area contributed by atoms with Crippen molar-refractivity contribution in [2.45, 2.75) is 25.8 Å². The molecule has 0 aromatic heterocycles. The summed E-state index contributed by atoms with van der Waals surface area (Å²) >= 11 is 0. The van der Waals surface area contributed by atoms with E-state index in [9.17, 15) is 4.79 Å². The summed E-state index contributed by atoms with van der Waals surface area (Å²) in [5, 5.41) is 3.02. The number of fused-ring (bicyclic) bond motifs is 4. The van der Waals surface area contributed by atoms with Gasteiger partial charge in [0.2, 0.25) is 0 Å². The summed E-state index contributed by atoms with van der Waals surface area (Å²) in [5.74, 6) is 1.38. The van der Waals surface area contributed by atoms with Gasteiger partial charge in [-0.15, -0.1) is 0 Å². The van der Waals surface area contributed by atoms with Crippen molar-refractivity contribution in [2.75, 3.05) is 51.8 Å². The number of carbonyl (C=O) groups is 1. The molecule has 3 aliphatic heterocycles. The number of ether oxygens (including phenoxy) is 2. The Morgan fingerprint density at radius 2 is 2.00 bits per heavy atom. The molecule has 0 aliphatic carbocycles. The number of nitrogens with one attached hydrogen (secondary N) is 1. The monoisotopic (exact) mass is 347 g/mol. The van der Waals surface area contributed by atoms with Crippen LogP contribution >= 0.6 is 0 Å². The molecule has 0 saturated carbocycles. The Balaban J connectivity index is 1.59. The summed E-state index contributed by atoms with van der Waals surface area (Å²) in [6, 6.07) is 7.99.